The average Bonchev–Trinajstić information content (AvgIpc) is 2.69. The monoisotopic (exact) mass is 444 g/mol. The Hall–Kier alpha value is -1.53. The Morgan fingerprint density at radius 1 is 1.00 bits per heavy atom. The Bertz CT molecular complexity index is 710. The van der Waals surface area contributed by atoms with Crippen LogP contribution in [0.2, 0.25) is 0 Å². The molecular formula is C22H31Cl2FN2O2. The van der Waals surface area contributed by atoms with Crippen molar-refractivity contribution in [1.82, 2.24) is 4.90 Å². The first-order valence-corrected chi connectivity index (χ1v) is 9.77. The van der Waals surface area contributed by atoms with Gasteiger partial charge >= 0.3 is 0 Å². The molecule has 1 unspecified atom stereocenters. The Kier molecular flexibility index (Phi) is 11.4. The molecule has 7 heteroatoms. The van der Waals surface area contributed by atoms with Crippen LogP contribution in [0.3, 0.4) is 0 Å². The number of hydrogen-bond donors (Lipinski definition) is 1. The largest absolute Gasteiger partial charge is 0.491 e. The van der Waals surface area contributed by atoms with Crippen molar-refractivity contribution >= 4 is 30.5 Å². The van der Waals surface area contributed by atoms with Gasteiger partial charge in [0.25, 0.3) is 0 Å². The van der Waals surface area contributed by atoms with Gasteiger partial charge in [-0.05, 0) is 36.2 Å². The van der Waals surface area contributed by atoms with E-state index in [1.54, 1.807) is 6.07 Å². The molecule has 0 saturated carbocycles. The smallest absolute Gasteiger partial charge is 0.146 e. The first-order valence-electron chi connectivity index (χ1n) is 9.77. The maximum atomic E-state index is 13.9. The fourth-order valence-corrected chi connectivity index (χ4v) is 3.46. The lowest BCUT2D eigenvalue weighted by Crippen LogP contribution is -2.49. The van der Waals surface area contributed by atoms with E-state index in [9.17, 15) is 9.50 Å². The number of aryl methyl sites for hydroxylation is 1. The van der Waals surface area contributed by atoms with Gasteiger partial charge in [-0.3, -0.25) is 4.90 Å². The number of nitrogens with zero attached hydrogens (tertiary/aromatic N) is 2. The SMILES string of the molecule is CCCc1ccc(OCC(O)CN2CCN(c3ccccc3F)CC2)cc1.Cl.Cl. The van der Waals surface area contributed by atoms with Crippen LogP contribution < -0.4 is 9.64 Å². The Morgan fingerprint density at radius 3 is 2.28 bits per heavy atom. The lowest BCUT2D eigenvalue weighted by molar-refractivity contribution is 0.0662. The van der Waals surface area contributed by atoms with Gasteiger partial charge in [0.1, 0.15) is 24.3 Å². The number of anilines is 1. The van der Waals surface area contributed by atoms with Gasteiger partial charge in [-0.1, -0.05) is 37.6 Å². The molecule has 4 nitrogen and oxygen atoms in total. The van der Waals surface area contributed by atoms with Gasteiger partial charge in [0.05, 0.1) is 5.69 Å². The van der Waals surface area contributed by atoms with Crippen molar-refractivity contribution in [3.63, 3.8) is 0 Å². The highest BCUT2D eigenvalue weighted by molar-refractivity contribution is 5.85. The maximum absolute atomic E-state index is 13.9. The number of rotatable bonds is 8. The van der Waals surface area contributed by atoms with E-state index in [2.05, 4.69) is 28.9 Å². The summed E-state index contributed by atoms with van der Waals surface area (Å²) in [5.41, 5.74) is 1.96. The highest BCUT2D eigenvalue weighted by Gasteiger charge is 2.21. The fourth-order valence-electron chi connectivity index (χ4n) is 3.46. The van der Waals surface area contributed by atoms with Crippen LogP contribution in [-0.2, 0) is 6.42 Å². The summed E-state index contributed by atoms with van der Waals surface area (Å²) < 4.78 is 19.6. The molecule has 1 saturated heterocycles. The molecule has 1 fully saturated rings. The zero-order valence-electron chi connectivity index (χ0n) is 16.8. The third-order valence-electron chi connectivity index (χ3n) is 4.94. The van der Waals surface area contributed by atoms with Crippen LogP contribution in [0.4, 0.5) is 10.1 Å². The second kappa shape index (κ2) is 12.9. The Balaban J connectivity index is 0.00000210. The van der Waals surface area contributed by atoms with E-state index in [0.717, 1.165) is 44.8 Å². The summed E-state index contributed by atoms with van der Waals surface area (Å²) in [6.45, 7) is 6.13. The molecule has 1 heterocycles. The number of halogens is 3. The van der Waals surface area contributed by atoms with E-state index >= 15 is 0 Å². The van der Waals surface area contributed by atoms with Gasteiger partial charge < -0.3 is 14.7 Å². The molecule has 0 bridgehead atoms. The molecule has 0 amide bonds. The number of benzene rings is 2. The predicted octanol–water partition coefficient (Wildman–Crippen LogP) is 4.18. The summed E-state index contributed by atoms with van der Waals surface area (Å²) in [5.74, 6) is 0.614. The number of aliphatic hydroxyl groups is 1. The summed E-state index contributed by atoms with van der Waals surface area (Å²) >= 11 is 0. The molecule has 162 valence electrons. The molecule has 0 aliphatic carbocycles. The molecule has 3 rings (SSSR count). The van der Waals surface area contributed by atoms with Crippen LogP contribution in [-0.4, -0.2) is 55.4 Å². The molecule has 1 aliphatic heterocycles. The topological polar surface area (TPSA) is 35.9 Å². The van der Waals surface area contributed by atoms with Gasteiger partial charge in [0, 0.05) is 32.7 Å². The maximum Gasteiger partial charge on any atom is 0.146 e. The second-order valence-electron chi connectivity index (χ2n) is 7.10. The van der Waals surface area contributed by atoms with E-state index in [-0.39, 0.29) is 37.2 Å². The van der Waals surface area contributed by atoms with Crippen molar-refractivity contribution in [3.8, 4) is 5.75 Å². The van der Waals surface area contributed by atoms with Crippen molar-refractivity contribution in [3.05, 3.63) is 59.9 Å². The summed E-state index contributed by atoms with van der Waals surface area (Å²) in [5, 5.41) is 10.3. The summed E-state index contributed by atoms with van der Waals surface area (Å²) in [7, 11) is 0. The van der Waals surface area contributed by atoms with E-state index in [1.807, 2.05) is 24.3 Å². The van der Waals surface area contributed by atoms with Crippen molar-refractivity contribution in [2.75, 3.05) is 44.2 Å². The number of ether oxygens (including phenoxy) is 1. The van der Waals surface area contributed by atoms with Crippen LogP contribution >= 0.6 is 24.8 Å². The van der Waals surface area contributed by atoms with Gasteiger partial charge in [0.15, 0.2) is 0 Å². The van der Waals surface area contributed by atoms with E-state index < -0.39 is 6.10 Å². The van der Waals surface area contributed by atoms with Crippen molar-refractivity contribution < 1.29 is 14.2 Å². The molecule has 29 heavy (non-hydrogen) atoms. The van der Waals surface area contributed by atoms with Gasteiger partial charge in [-0.2, -0.15) is 0 Å². The van der Waals surface area contributed by atoms with Crippen molar-refractivity contribution in [1.29, 1.82) is 0 Å². The minimum absolute atomic E-state index is 0. The zero-order chi connectivity index (χ0) is 19.1. The normalized spacial score (nSPS) is 15.2. The van der Waals surface area contributed by atoms with E-state index in [0.29, 0.717) is 12.2 Å². The summed E-state index contributed by atoms with van der Waals surface area (Å²) in [6.07, 6.45) is 1.66. The lowest BCUT2D eigenvalue weighted by Gasteiger charge is -2.36. The number of piperazine rings is 1. The molecule has 1 N–H and O–H groups in total. The minimum atomic E-state index is -0.541. The van der Waals surface area contributed by atoms with Crippen molar-refractivity contribution in [2.45, 2.75) is 25.9 Å². The quantitative estimate of drug-likeness (QED) is 0.662. The fraction of sp³-hybridized carbons (Fsp3) is 0.455. The Morgan fingerprint density at radius 2 is 1.66 bits per heavy atom. The molecule has 0 aromatic heterocycles. The Labute approximate surface area is 185 Å². The second-order valence-corrected chi connectivity index (χ2v) is 7.10. The van der Waals surface area contributed by atoms with Gasteiger partial charge in [-0.15, -0.1) is 24.8 Å². The van der Waals surface area contributed by atoms with Crippen LogP contribution in [0, 0.1) is 5.82 Å². The average molecular weight is 445 g/mol. The number of β-amino-alcohol motifs (C(OH)–C–C–N with tert-alkyl or cyclic N) is 1. The number of hydrogen-bond acceptors (Lipinski definition) is 4. The standard InChI is InChI=1S/C22H29FN2O2.2ClH/c1-2-5-18-8-10-20(11-9-18)27-17-19(26)16-24-12-14-25(15-13-24)22-7-4-3-6-21(22)23;;/h3-4,6-11,19,26H,2,5,12-17H2,1H3;2*1H. The van der Waals surface area contributed by atoms with Crippen LogP contribution in [0.1, 0.15) is 18.9 Å². The third-order valence-corrected chi connectivity index (χ3v) is 4.94. The first kappa shape index (κ1) is 25.5. The lowest BCUT2D eigenvalue weighted by atomic mass is 10.1. The first-order chi connectivity index (χ1) is 13.2. The third kappa shape index (κ3) is 7.67. The molecule has 1 atom stereocenters. The molecule has 2 aromatic carbocycles. The molecule has 0 radical (unpaired) electrons. The van der Waals surface area contributed by atoms with Gasteiger partial charge in [-0.25, -0.2) is 4.39 Å². The van der Waals surface area contributed by atoms with Crippen LogP contribution in [0.15, 0.2) is 48.5 Å². The van der Waals surface area contributed by atoms with Crippen LogP contribution in [0.25, 0.3) is 0 Å². The highest BCUT2D eigenvalue weighted by Crippen LogP contribution is 2.20. The summed E-state index contributed by atoms with van der Waals surface area (Å²) in [4.78, 5) is 4.27. The molecule has 0 spiro atoms. The number of para-hydroxylation sites is 1. The van der Waals surface area contributed by atoms with Crippen molar-refractivity contribution in [2.24, 2.45) is 0 Å². The van der Waals surface area contributed by atoms with Crippen LogP contribution in [0.5, 0.6) is 5.75 Å². The minimum Gasteiger partial charge on any atom is -0.491 e. The molecular weight excluding hydrogens is 414 g/mol. The summed E-state index contributed by atoms with van der Waals surface area (Å²) in [6, 6.07) is 15.0. The van der Waals surface area contributed by atoms with Gasteiger partial charge in [0.2, 0.25) is 0 Å². The molecule has 2 aromatic rings. The van der Waals surface area contributed by atoms with E-state index in [1.165, 1.54) is 11.6 Å². The van der Waals surface area contributed by atoms with E-state index in [4.69, 9.17) is 4.74 Å². The number of aliphatic hydroxyl groups excluding tert-OH is 1. The molecule has 1 aliphatic rings. The highest BCUT2D eigenvalue weighted by atomic mass is 35.5. The zero-order valence-corrected chi connectivity index (χ0v) is 18.4. The predicted molar refractivity (Wildman–Crippen MR) is 121 cm³/mol.